The Labute approximate surface area is 282 Å². The lowest BCUT2D eigenvalue weighted by Gasteiger charge is -2.29. The van der Waals surface area contributed by atoms with E-state index >= 15 is 0 Å². The predicted octanol–water partition coefficient (Wildman–Crippen LogP) is 8.63. The van der Waals surface area contributed by atoms with Crippen molar-refractivity contribution in [2.24, 2.45) is 23.2 Å². The first-order chi connectivity index (χ1) is 22.6. The van der Waals surface area contributed by atoms with Crippen LogP contribution in [0.15, 0.2) is 60.9 Å². The Bertz CT molecular complexity index is 1690. The van der Waals surface area contributed by atoms with Crippen molar-refractivity contribution in [3.8, 4) is 33.6 Å². The number of nitrogens with one attached hydrogen (secondary N) is 4. The molecule has 1 unspecified atom stereocenters. The number of aromatic nitrogens is 4. The van der Waals surface area contributed by atoms with Crippen LogP contribution in [0.1, 0.15) is 97.9 Å². The minimum atomic E-state index is -2.67. The third-order valence-electron chi connectivity index (χ3n) is 9.19. The molecule has 5 rings (SSSR count). The molecule has 0 bridgehead atoms. The van der Waals surface area contributed by atoms with E-state index in [9.17, 15) is 18.4 Å². The van der Waals surface area contributed by atoms with Crippen LogP contribution in [-0.4, -0.2) is 37.7 Å². The van der Waals surface area contributed by atoms with Gasteiger partial charge in [-0.3, -0.25) is 9.59 Å². The maximum atomic E-state index is 13.6. The fourth-order valence-corrected chi connectivity index (χ4v) is 6.00. The third-order valence-corrected chi connectivity index (χ3v) is 9.19. The lowest BCUT2D eigenvalue weighted by Crippen LogP contribution is -2.39. The molecule has 256 valence electrons. The number of imidazole rings is 2. The van der Waals surface area contributed by atoms with Gasteiger partial charge in [-0.2, -0.15) is 0 Å². The van der Waals surface area contributed by atoms with Crippen molar-refractivity contribution in [1.29, 1.82) is 0 Å². The number of halogens is 2. The summed E-state index contributed by atoms with van der Waals surface area (Å²) in [7, 11) is 0. The summed E-state index contributed by atoms with van der Waals surface area (Å²) in [6.07, 6.45) is 3.48. The van der Waals surface area contributed by atoms with Gasteiger partial charge in [-0.05, 0) is 46.9 Å². The second kappa shape index (κ2) is 14.0. The number of alkyl halides is 2. The van der Waals surface area contributed by atoms with Gasteiger partial charge in [0.05, 0.1) is 35.9 Å². The summed E-state index contributed by atoms with van der Waals surface area (Å²) in [6.45, 7) is 13.8. The molecule has 4 aromatic rings. The van der Waals surface area contributed by atoms with Crippen LogP contribution in [0.25, 0.3) is 33.6 Å². The van der Waals surface area contributed by atoms with Crippen LogP contribution >= 0.6 is 0 Å². The molecule has 1 aliphatic rings. The minimum absolute atomic E-state index is 0.0146. The highest BCUT2D eigenvalue weighted by Crippen LogP contribution is 2.37. The molecule has 2 atom stereocenters. The monoisotopic (exact) mass is 658 g/mol. The quantitative estimate of drug-likeness (QED) is 0.137. The molecule has 0 aliphatic heterocycles. The molecule has 0 spiro atoms. The van der Waals surface area contributed by atoms with E-state index in [2.05, 4.69) is 80.8 Å². The van der Waals surface area contributed by atoms with E-state index in [0.717, 1.165) is 39.5 Å². The van der Waals surface area contributed by atoms with Gasteiger partial charge in [0.15, 0.2) is 0 Å². The largest absolute Gasteiger partial charge is 0.346 e. The first-order valence-electron chi connectivity index (χ1n) is 16.9. The number of carbonyl (C=O) groups excluding carboxylic acids is 2. The Hall–Kier alpha value is -4.34. The SMILES string of the molecule is CC(C)C(NC(=O)C(C)(C)C)c1ncc(-c2ccc(-c3ccc(-c4cnc([C@@H](NC(=O)C5CCC(F)(F)CC5)C(C)C)[nH]4)cc3)cc2)[nH]1. The van der Waals surface area contributed by atoms with E-state index in [-0.39, 0.29) is 61.4 Å². The maximum Gasteiger partial charge on any atom is 0.248 e. The lowest BCUT2D eigenvalue weighted by atomic mass is 9.86. The maximum absolute atomic E-state index is 13.6. The zero-order chi connectivity index (χ0) is 34.8. The van der Waals surface area contributed by atoms with Crippen LogP contribution < -0.4 is 10.6 Å². The molecule has 10 heteroatoms. The first kappa shape index (κ1) is 35.0. The minimum Gasteiger partial charge on any atom is -0.346 e. The predicted molar refractivity (Wildman–Crippen MR) is 185 cm³/mol. The van der Waals surface area contributed by atoms with Crippen molar-refractivity contribution in [2.75, 3.05) is 0 Å². The molecular weight excluding hydrogens is 610 g/mol. The lowest BCUT2D eigenvalue weighted by molar-refractivity contribution is -0.130. The number of hydrogen-bond donors (Lipinski definition) is 4. The molecule has 4 N–H and O–H groups in total. The summed E-state index contributed by atoms with van der Waals surface area (Å²) in [5.41, 5.74) is 5.31. The van der Waals surface area contributed by atoms with Crippen molar-refractivity contribution in [3.05, 3.63) is 72.6 Å². The number of benzene rings is 2. The molecular formula is C38H48F2N6O2. The van der Waals surface area contributed by atoms with Gasteiger partial charge in [0.25, 0.3) is 0 Å². The van der Waals surface area contributed by atoms with Gasteiger partial charge in [-0.1, -0.05) is 97.0 Å². The molecule has 8 nitrogen and oxygen atoms in total. The Morgan fingerprint density at radius 3 is 1.52 bits per heavy atom. The van der Waals surface area contributed by atoms with Gasteiger partial charge in [-0.15, -0.1) is 0 Å². The zero-order valence-electron chi connectivity index (χ0n) is 29.0. The number of hydrogen-bond acceptors (Lipinski definition) is 4. The van der Waals surface area contributed by atoms with Gasteiger partial charge in [0.2, 0.25) is 17.7 Å². The summed E-state index contributed by atoms with van der Waals surface area (Å²) < 4.78 is 27.2. The standard InChI is InChI=1S/C38H48F2N6O2/c1-22(2)31(45-35(47)28-16-18-38(39,40)19-17-28)33-41-20-29(43-33)26-12-8-24(9-13-26)25-10-14-27(15-11-25)30-21-42-34(44-30)32(23(3)4)46-36(48)37(5,6)7/h8-15,20-23,28,31-32H,16-19H2,1-7H3,(H,41,43)(H,42,44)(H,45,47)(H,46,48)/t31-,32?/m0/s1. The number of carbonyl (C=O) groups is 2. The number of aromatic amines is 2. The Kier molecular flexibility index (Phi) is 10.2. The average Bonchev–Trinajstić information content (AvgIpc) is 3.72. The third kappa shape index (κ3) is 8.20. The fourth-order valence-electron chi connectivity index (χ4n) is 6.00. The topological polar surface area (TPSA) is 116 Å². The van der Waals surface area contributed by atoms with E-state index < -0.39 is 17.3 Å². The van der Waals surface area contributed by atoms with E-state index in [1.807, 2.05) is 52.9 Å². The summed E-state index contributed by atoms with van der Waals surface area (Å²) >= 11 is 0. The van der Waals surface area contributed by atoms with Crippen molar-refractivity contribution in [3.63, 3.8) is 0 Å². The van der Waals surface area contributed by atoms with Gasteiger partial charge < -0.3 is 20.6 Å². The summed E-state index contributed by atoms with van der Waals surface area (Å²) in [4.78, 5) is 41.6. The van der Waals surface area contributed by atoms with Crippen LogP contribution in [0.4, 0.5) is 8.78 Å². The fraction of sp³-hybridized carbons (Fsp3) is 0.474. The highest BCUT2D eigenvalue weighted by atomic mass is 19.3. The van der Waals surface area contributed by atoms with E-state index in [0.29, 0.717) is 5.82 Å². The van der Waals surface area contributed by atoms with Crippen molar-refractivity contribution < 1.29 is 18.4 Å². The molecule has 2 aromatic heterocycles. The van der Waals surface area contributed by atoms with Crippen LogP contribution in [0.2, 0.25) is 0 Å². The molecule has 1 saturated carbocycles. The van der Waals surface area contributed by atoms with Gasteiger partial charge in [0, 0.05) is 24.2 Å². The smallest absolute Gasteiger partial charge is 0.248 e. The van der Waals surface area contributed by atoms with Crippen molar-refractivity contribution >= 4 is 11.8 Å². The number of nitrogens with zero attached hydrogens (tertiary/aromatic N) is 2. The molecule has 48 heavy (non-hydrogen) atoms. The van der Waals surface area contributed by atoms with Crippen LogP contribution in [0.5, 0.6) is 0 Å². The second-order valence-electron chi connectivity index (χ2n) is 14.8. The molecule has 2 heterocycles. The highest BCUT2D eigenvalue weighted by molar-refractivity contribution is 5.82. The number of H-pyrrole nitrogens is 2. The highest BCUT2D eigenvalue weighted by Gasteiger charge is 2.38. The number of amides is 2. The van der Waals surface area contributed by atoms with Crippen LogP contribution in [-0.2, 0) is 9.59 Å². The van der Waals surface area contributed by atoms with Crippen LogP contribution in [0, 0.1) is 23.2 Å². The molecule has 1 fully saturated rings. The Morgan fingerprint density at radius 2 is 1.12 bits per heavy atom. The zero-order valence-corrected chi connectivity index (χ0v) is 29.0. The van der Waals surface area contributed by atoms with Crippen molar-refractivity contribution in [2.45, 2.75) is 92.2 Å². The summed E-state index contributed by atoms with van der Waals surface area (Å²) in [5.74, 6) is -1.66. The van der Waals surface area contributed by atoms with Crippen molar-refractivity contribution in [1.82, 2.24) is 30.6 Å². The molecule has 2 aromatic carbocycles. The molecule has 1 aliphatic carbocycles. The van der Waals surface area contributed by atoms with E-state index in [1.165, 1.54) is 0 Å². The first-order valence-corrected chi connectivity index (χ1v) is 16.9. The van der Waals surface area contributed by atoms with E-state index in [4.69, 9.17) is 0 Å². The van der Waals surface area contributed by atoms with Gasteiger partial charge in [-0.25, -0.2) is 18.7 Å². The average molecular weight is 659 g/mol. The molecule has 2 amide bonds. The molecule has 0 radical (unpaired) electrons. The van der Waals surface area contributed by atoms with Crippen LogP contribution in [0.3, 0.4) is 0 Å². The summed E-state index contributed by atoms with van der Waals surface area (Å²) in [5, 5.41) is 6.21. The van der Waals surface area contributed by atoms with E-state index in [1.54, 1.807) is 6.20 Å². The number of rotatable bonds is 10. The Balaban J connectivity index is 1.24. The normalized spacial score (nSPS) is 16.6. The Morgan fingerprint density at radius 1 is 0.729 bits per heavy atom. The second-order valence-corrected chi connectivity index (χ2v) is 14.8. The summed E-state index contributed by atoms with van der Waals surface area (Å²) in [6, 6.07) is 15.9. The van der Waals surface area contributed by atoms with Gasteiger partial charge in [0.1, 0.15) is 11.6 Å². The molecule has 0 saturated heterocycles. The van der Waals surface area contributed by atoms with Gasteiger partial charge >= 0.3 is 0 Å².